The summed E-state index contributed by atoms with van der Waals surface area (Å²) in [5.74, 6) is -2.27. The van der Waals surface area contributed by atoms with E-state index < -0.39 is 17.8 Å². The number of carbonyl (C=O) groups excluding carboxylic acids is 1. The first-order chi connectivity index (χ1) is 8.00. The first kappa shape index (κ1) is 15.9. The van der Waals surface area contributed by atoms with Crippen LogP contribution in [0.3, 0.4) is 0 Å². The third kappa shape index (κ3) is 6.94. The minimum Gasteiger partial charge on any atom is -0.481 e. The molecule has 0 saturated heterocycles. The molecule has 0 aromatic carbocycles. The lowest BCUT2D eigenvalue weighted by atomic mass is 9.95. The molecule has 100 valence electrons. The molecular weight excluding hydrogens is 222 g/mol. The molecule has 2 N–H and O–H groups in total. The fourth-order valence-electron chi connectivity index (χ4n) is 1.36. The zero-order chi connectivity index (χ0) is 13.3. The van der Waals surface area contributed by atoms with E-state index in [-0.39, 0.29) is 5.91 Å². The number of aliphatic carboxylic acids is 1. The maximum Gasteiger partial charge on any atom is 0.307 e. The largest absolute Gasteiger partial charge is 0.481 e. The molecule has 0 aliphatic heterocycles. The fraction of sp³-hybridized carbons (Fsp3) is 0.833. The van der Waals surface area contributed by atoms with Crippen molar-refractivity contribution in [3.05, 3.63) is 0 Å². The van der Waals surface area contributed by atoms with Crippen LogP contribution in [0.2, 0.25) is 0 Å². The SMILES string of the molecule is COCCCCCNC(=O)C(C)C(C)C(=O)O. The average Bonchev–Trinajstić information content (AvgIpc) is 2.31. The molecule has 0 fully saturated rings. The van der Waals surface area contributed by atoms with E-state index in [1.165, 1.54) is 0 Å². The van der Waals surface area contributed by atoms with Crippen molar-refractivity contribution < 1.29 is 19.4 Å². The van der Waals surface area contributed by atoms with E-state index in [0.29, 0.717) is 6.54 Å². The van der Waals surface area contributed by atoms with Crippen molar-refractivity contribution in [1.29, 1.82) is 0 Å². The molecule has 0 aliphatic rings. The van der Waals surface area contributed by atoms with Crippen LogP contribution in [0.5, 0.6) is 0 Å². The molecule has 0 saturated carbocycles. The summed E-state index contributed by atoms with van der Waals surface area (Å²) in [6.07, 6.45) is 2.87. The molecule has 0 aromatic heterocycles. The molecule has 17 heavy (non-hydrogen) atoms. The van der Waals surface area contributed by atoms with Gasteiger partial charge in [0.15, 0.2) is 0 Å². The number of unbranched alkanes of at least 4 members (excludes halogenated alkanes) is 2. The van der Waals surface area contributed by atoms with Crippen LogP contribution in [0.25, 0.3) is 0 Å². The molecule has 2 unspecified atom stereocenters. The van der Waals surface area contributed by atoms with Gasteiger partial charge in [0, 0.05) is 26.2 Å². The predicted molar refractivity (Wildman–Crippen MR) is 64.7 cm³/mol. The van der Waals surface area contributed by atoms with Crippen LogP contribution in [0.4, 0.5) is 0 Å². The van der Waals surface area contributed by atoms with Crippen LogP contribution in [0, 0.1) is 11.8 Å². The van der Waals surface area contributed by atoms with E-state index in [0.717, 1.165) is 25.9 Å². The number of methoxy groups -OCH3 is 1. The van der Waals surface area contributed by atoms with E-state index in [2.05, 4.69) is 5.32 Å². The van der Waals surface area contributed by atoms with Crippen molar-refractivity contribution in [2.24, 2.45) is 11.8 Å². The minimum absolute atomic E-state index is 0.188. The molecule has 5 heteroatoms. The molecule has 5 nitrogen and oxygen atoms in total. The number of hydrogen-bond donors (Lipinski definition) is 2. The number of ether oxygens (including phenoxy) is 1. The Labute approximate surface area is 103 Å². The number of carbonyl (C=O) groups is 2. The predicted octanol–water partition coefficient (Wildman–Crippen LogP) is 1.28. The van der Waals surface area contributed by atoms with E-state index in [1.54, 1.807) is 21.0 Å². The minimum atomic E-state index is -0.937. The van der Waals surface area contributed by atoms with Gasteiger partial charge in [-0.1, -0.05) is 13.8 Å². The van der Waals surface area contributed by atoms with E-state index in [4.69, 9.17) is 9.84 Å². The molecule has 0 spiro atoms. The second-order valence-corrected chi connectivity index (χ2v) is 4.26. The van der Waals surface area contributed by atoms with E-state index in [9.17, 15) is 9.59 Å². The summed E-state index contributed by atoms with van der Waals surface area (Å²) in [6, 6.07) is 0. The van der Waals surface area contributed by atoms with Crippen LogP contribution < -0.4 is 5.32 Å². The lowest BCUT2D eigenvalue weighted by Crippen LogP contribution is -2.35. The molecular formula is C12H23NO4. The summed E-state index contributed by atoms with van der Waals surface area (Å²) in [6.45, 7) is 4.52. The van der Waals surface area contributed by atoms with E-state index in [1.807, 2.05) is 0 Å². The van der Waals surface area contributed by atoms with Crippen LogP contribution in [-0.4, -0.2) is 37.2 Å². The summed E-state index contributed by atoms with van der Waals surface area (Å²) in [5.41, 5.74) is 0. The molecule has 0 heterocycles. The van der Waals surface area contributed by atoms with Gasteiger partial charge in [0.25, 0.3) is 0 Å². The van der Waals surface area contributed by atoms with Crippen LogP contribution in [0.15, 0.2) is 0 Å². The van der Waals surface area contributed by atoms with Crippen molar-refractivity contribution in [1.82, 2.24) is 5.32 Å². The maximum atomic E-state index is 11.6. The summed E-state index contributed by atoms with van der Waals surface area (Å²) in [4.78, 5) is 22.3. The average molecular weight is 245 g/mol. The van der Waals surface area contributed by atoms with Gasteiger partial charge >= 0.3 is 5.97 Å². The highest BCUT2D eigenvalue weighted by atomic mass is 16.5. The second-order valence-electron chi connectivity index (χ2n) is 4.26. The zero-order valence-electron chi connectivity index (χ0n) is 10.9. The van der Waals surface area contributed by atoms with Gasteiger partial charge in [0.1, 0.15) is 0 Å². The van der Waals surface area contributed by atoms with Gasteiger partial charge in [0.2, 0.25) is 5.91 Å². The van der Waals surface area contributed by atoms with Gasteiger partial charge in [0.05, 0.1) is 5.92 Å². The Morgan fingerprint density at radius 1 is 1.18 bits per heavy atom. The second kappa shape index (κ2) is 8.98. The third-order valence-electron chi connectivity index (χ3n) is 2.88. The Morgan fingerprint density at radius 2 is 1.82 bits per heavy atom. The monoisotopic (exact) mass is 245 g/mol. The Hall–Kier alpha value is -1.10. The highest BCUT2D eigenvalue weighted by Gasteiger charge is 2.25. The van der Waals surface area contributed by atoms with Gasteiger partial charge < -0.3 is 15.2 Å². The summed E-state index contributed by atoms with van der Waals surface area (Å²) < 4.78 is 4.91. The molecule has 2 atom stereocenters. The highest BCUT2D eigenvalue weighted by molar-refractivity contribution is 5.84. The highest BCUT2D eigenvalue weighted by Crippen LogP contribution is 2.10. The van der Waals surface area contributed by atoms with Crippen LogP contribution in [0.1, 0.15) is 33.1 Å². The Balaban J connectivity index is 3.68. The first-order valence-corrected chi connectivity index (χ1v) is 6.00. The van der Waals surface area contributed by atoms with Gasteiger partial charge in [-0.2, -0.15) is 0 Å². The van der Waals surface area contributed by atoms with Gasteiger partial charge in [-0.05, 0) is 19.3 Å². The Bertz CT molecular complexity index is 243. The smallest absolute Gasteiger partial charge is 0.307 e. The van der Waals surface area contributed by atoms with Crippen LogP contribution >= 0.6 is 0 Å². The first-order valence-electron chi connectivity index (χ1n) is 6.00. The number of carboxylic acids is 1. The number of nitrogens with one attached hydrogen (secondary N) is 1. The lowest BCUT2D eigenvalue weighted by Gasteiger charge is -2.15. The fourth-order valence-corrected chi connectivity index (χ4v) is 1.36. The summed E-state index contributed by atoms with van der Waals surface area (Å²) in [5, 5.41) is 11.5. The zero-order valence-corrected chi connectivity index (χ0v) is 10.9. The topological polar surface area (TPSA) is 75.6 Å². The van der Waals surface area contributed by atoms with Crippen molar-refractivity contribution in [2.45, 2.75) is 33.1 Å². The Morgan fingerprint density at radius 3 is 2.35 bits per heavy atom. The number of rotatable bonds is 9. The van der Waals surface area contributed by atoms with Crippen molar-refractivity contribution in [2.75, 3.05) is 20.3 Å². The molecule has 0 radical (unpaired) electrons. The number of hydrogen-bond acceptors (Lipinski definition) is 3. The molecule has 0 aromatic rings. The van der Waals surface area contributed by atoms with Crippen molar-refractivity contribution in [3.63, 3.8) is 0 Å². The molecule has 0 rings (SSSR count). The van der Waals surface area contributed by atoms with Gasteiger partial charge in [-0.25, -0.2) is 0 Å². The number of amides is 1. The van der Waals surface area contributed by atoms with Gasteiger partial charge in [-0.3, -0.25) is 9.59 Å². The normalized spacial score (nSPS) is 14.1. The quantitative estimate of drug-likeness (QED) is 0.600. The molecule has 0 bridgehead atoms. The van der Waals surface area contributed by atoms with E-state index >= 15 is 0 Å². The lowest BCUT2D eigenvalue weighted by molar-refractivity contribution is -0.146. The summed E-state index contributed by atoms with van der Waals surface area (Å²) >= 11 is 0. The number of carboxylic acid groups (broad SMARTS) is 1. The molecule has 0 aliphatic carbocycles. The van der Waals surface area contributed by atoms with Gasteiger partial charge in [-0.15, -0.1) is 0 Å². The maximum absolute atomic E-state index is 11.6. The standard InChI is InChI=1S/C12H23NO4/c1-9(10(2)12(15)16)11(14)13-7-5-4-6-8-17-3/h9-10H,4-8H2,1-3H3,(H,13,14)(H,15,16). The Kier molecular flexibility index (Phi) is 8.40. The van der Waals surface area contributed by atoms with Crippen LogP contribution in [-0.2, 0) is 14.3 Å². The van der Waals surface area contributed by atoms with Crippen molar-refractivity contribution in [3.8, 4) is 0 Å². The third-order valence-corrected chi connectivity index (χ3v) is 2.88. The van der Waals surface area contributed by atoms with Crippen molar-refractivity contribution >= 4 is 11.9 Å². The molecule has 1 amide bonds. The summed E-state index contributed by atoms with van der Waals surface area (Å²) in [7, 11) is 1.66.